The Kier molecular flexibility index (Phi) is 7.93. The van der Waals surface area contributed by atoms with Crippen LogP contribution in [0.4, 0.5) is 0 Å². The highest BCUT2D eigenvalue weighted by atomic mass is 16.5. The molecule has 0 aromatic heterocycles. The van der Waals surface area contributed by atoms with E-state index < -0.39 is 0 Å². The second-order valence-corrected chi connectivity index (χ2v) is 7.94. The minimum absolute atomic E-state index is 0.0499. The fourth-order valence-electron chi connectivity index (χ4n) is 3.83. The highest BCUT2D eigenvalue weighted by molar-refractivity contribution is 5.95. The maximum atomic E-state index is 12.8. The van der Waals surface area contributed by atoms with Gasteiger partial charge in [0.2, 0.25) is 5.91 Å². The zero-order valence-electron chi connectivity index (χ0n) is 18.7. The fourth-order valence-corrected chi connectivity index (χ4v) is 3.83. The van der Waals surface area contributed by atoms with Crippen molar-refractivity contribution in [2.45, 2.75) is 32.6 Å². The third kappa shape index (κ3) is 6.00. The van der Waals surface area contributed by atoms with E-state index in [0.29, 0.717) is 49.7 Å². The number of aryl methyl sites for hydroxylation is 2. The molecule has 0 saturated carbocycles. The molecule has 31 heavy (non-hydrogen) atoms. The molecule has 0 atom stereocenters. The van der Waals surface area contributed by atoms with E-state index in [1.807, 2.05) is 4.90 Å². The van der Waals surface area contributed by atoms with Gasteiger partial charge in [-0.15, -0.1) is 0 Å². The molecule has 0 aliphatic carbocycles. The van der Waals surface area contributed by atoms with Crippen molar-refractivity contribution in [1.82, 2.24) is 9.80 Å². The van der Waals surface area contributed by atoms with E-state index >= 15 is 0 Å². The lowest BCUT2D eigenvalue weighted by Gasteiger charge is -2.35. The van der Waals surface area contributed by atoms with Crippen molar-refractivity contribution >= 4 is 11.8 Å². The van der Waals surface area contributed by atoms with Crippen LogP contribution in [0.15, 0.2) is 42.5 Å². The predicted octanol–water partition coefficient (Wildman–Crippen LogP) is 3.71. The lowest BCUT2D eigenvalue weighted by atomic mass is 10.1. The topological polar surface area (TPSA) is 59.1 Å². The van der Waals surface area contributed by atoms with Gasteiger partial charge in [-0.1, -0.05) is 29.8 Å². The quantitative estimate of drug-likeness (QED) is 0.606. The van der Waals surface area contributed by atoms with Crippen molar-refractivity contribution in [3.63, 3.8) is 0 Å². The average Bonchev–Trinajstić information content (AvgIpc) is 2.82. The van der Waals surface area contributed by atoms with E-state index in [4.69, 9.17) is 9.47 Å². The molecule has 0 radical (unpaired) electrons. The zero-order chi connectivity index (χ0) is 22.2. The van der Waals surface area contributed by atoms with Gasteiger partial charge in [-0.25, -0.2) is 0 Å². The number of nitrogens with zero attached hydrogens (tertiary/aromatic N) is 2. The summed E-state index contributed by atoms with van der Waals surface area (Å²) in [6.07, 6.45) is 3.46. The molecule has 1 aliphatic heterocycles. The van der Waals surface area contributed by atoms with Crippen LogP contribution in [0.25, 0.3) is 0 Å². The van der Waals surface area contributed by atoms with Gasteiger partial charge in [0.25, 0.3) is 5.91 Å². The van der Waals surface area contributed by atoms with Crippen molar-refractivity contribution in [3.8, 4) is 11.5 Å². The van der Waals surface area contributed by atoms with Crippen LogP contribution in [0.1, 0.15) is 40.7 Å². The molecule has 1 heterocycles. The van der Waals surface area contributed by atoms with Gasteiger partial charge < -0.3 is 19.3 Å². The van der Waals surface area contributed by atoms with Crippen molar-refractivity contribution in [2.75, 3.05) is 40.4 Å². The number of ether oxygens (including phenoxy) is 2. The van der Waals surface area contributed by atoms with Crippen LogP contribution in [0.5, 0.6) is 11.5 Å². The van der Waals surface area contributed by atoms with Crippen LogP contribution in [0.3, 0.4) is 0 Å². The van der Waals surface area contributed by atoms with E-state index in [-0.39, 0.29) is 11.8 Å². The molecule has 0 spiro atoms. The lowest BCUT2D eigenvalue weighted by molar-refractivity contribution is -0.132. The highest BCUT2D eigenvalue weighted by Crippen LogP contribution is 2.28. The summed E-state index contributed by atoms with van der Waals surface area (Å²) < 4.78 is 10.5. The molecule has 1 fully saturated rings. The molecule has 6 nitrogen and oxygen atoms in total. The van der Waals surface area contributed by atoms with Crippen molar-refractivity contribution < 1.29 is 19.1 Å². The fraction of sp³-hybridized carbons (Fsp3) is 0.440. The van der Waals surface area contributed by atoms with Gasteiger partial charge in [-0.2, -0.15) is 0 Å². The van der Waals surface area contributed by atoms with Gasteiger partial charge in [-0.3, -0.25) is 9.59 Å². The summed E-state index contributed by atoms with van der Waals surface area (Å²) in [4.78, 5) is 29.1. The highest BCUT2D eigenvalue weighted by Gasteiger charge is 2.25. The Morgan fingerprint density at radius 3 is 2.13 bits per heavy atom. The molecule has 0 unspecified atom stereocenters. The minimum atomic E-state index is -0.0499. The standard InChI is InChI=1S/C25H32N2O4/c1-19-8-10-20(11-9-19)6-4-5-7-24(28)26-14-16-27(17-15-26)25(29)21-12-13-22(30-2)23(18-21)31-3/h8-13,18H,4-7,14-17H2,1-3H3. The number of benzene rings is 2. The van der Waals surface area contributed by atoms with Crippen LogP contribution < -0.4 is 9.47 Å². The number of hydrogen-bond acceptors (Lipinski definition) is 4. The number of carbonyl (C=O) groups excluding carboxylic acids is 2. The average molecular weight is 425 g/mol. The first-order valence-corrected chi connectivity index (χ1v) is 10.9. The Bertz CT molecular complexity index is 887. The molecule has 3 rings (SSSR count). The molecular formula is C25H32N2O4. The second-order valence-electron chi connectivity index (χ2n) is 7.94. The number of hydrogen-bond donors (Lipinski definition) is 0. The summed E-state index contributed by atoms with van der Waals surface area (Å²) in [5.74, 6) is 1.26. The normalized spacial score (nSPS) is 13.8. The number of piperazine rings is 1. The Hall–Kier alpha value is -3.02. The SMILES string of the molecule is COc1ccc(C(=O)N2CCN(C(=O)CCCCc3ccc(C)cc3)CC2)cc1OC. The molecule has 0 N–H and O–H groups in total. The smallest absolute Gasteiger partial charge is 0.254 e. The number of amides is 2. The lowest BCUT2D eigenvalue weighted by Crippen LogP contribution is -2.50. The van der Waals surface area contributed by atoms with Crippen LogP contribution >= 0.6 is 0 Å². The van der Waals surface area contributed by atoms with Gasteiger partial charge in [0.15, 0.2) is 11.5 Å². The minimum Gasteiger partial charge on any atom is -0.493 e. The van der Waals surface area contributed by atoms with Crippen LogP contribution in [0.2, 0.25) is 0 Å². The molecule has 2 amide bonds. The van der Waals surface area contributed by atoms with Gasteiger partial charge in [0.05, 0.1) is 14.2 Å². The third-order valence-electron chi connectivity index (χ3n) is 5.78. The summed E-state index contributed by atoms with van der Waals surface area (Å²) in [5.41, 5.74) is 3.15. The van der Waals surface area contributed by atoms with Crippen LogP contribution in [-0.2, 0) is 11.2 Å². The van der Waals surface area contributed by atoms with Gasteiger partial charge in [0, 0.05) is 38.2 Å². The van der Waals surface area contributed by atoms with E-state index in [2.05, 4.69) is 31.2 Å². The summed E-state index contributed by atoms with van der Waals surface area (Å²) in [6.45, 7) is 4.33. The summed E-state index contributed by atoms with van der Waals surface area (Å²) in [5, 5.41) is 0. The second kappa shape index (κ2) is 10.8. The van der Waals surface area contributed by atoms with Gasteiger partial charge in [-0.05, 0) is 49.9 Å². The first-order valence-electron chi connectivity index (χ1n) is 10.9. The van der Waals surface area contributed by atoms with E-state index in [1.54, 1.807) is 37.3 Å². The van der Waals surface area contributed by atoms with Crippen molar-refractivity contribution in [2.24, 2.45) is 0 Å². The van der Waals surface area contributed by atoms with Gasteiger partial charge >= 0.3 is 0 Å². The molecule has 6 heteroatoms. The first kappa shape index (κ1) is 22.7. The molecule has 2 aromatic rings. The third-order valence-corrected chi connectivity index (χ3v) is 5.78. The Labute approximate surface area is 184 Å². The van der Waals surface area contributed by atoms with Crippen molar-refractivity contribution in [3.05, 3.63) is 59.2 Å². The Morgan fingerprint density at radius 1 is 0.839 bits per heavy atom. The van der Waals surface area contributed by atoms with Gasteiger partial charge in [0.1, 0.15) is 0 Å². The number of methoxy groups -OCH3 is 2. The largest absolute Gasteiger partial charge is 0.493 e. The Balaban J connectivity index is 1.42. The monoisotopic (exact) mass is 424 g/mol. The van der Waals surface area contributed by atoms with Crippen LogP contribution in [-0.4, -0.2) is 62.0 Å². The van der Waals surface area contributed by atoms with E-state index in [0.717, 1.165) is 19.3 Å². The molecular weight excluding hydrogens is 392 g/mol. The summed E-state index contributed by atoms with van der Waals surface area (Å²) in [6, 6.07) is 13.8. The molecule has 2 aromatic carbocycles. The molecule has 0 bridgehead atoms. The maximum absolute atomic E-state index is 12.8. The molecule has 1 saturated heterocycles. The Morgan fingerprint density at radius 2 is 1.48 bits per heavy atom. The van der Waals surface area contributed by atoms with E-state index in [1.165, 1.54) is 11.1 Å². The summed E-state index contributed by atoms with van der Waals surface area (Å²) >= 11 is 0. The first-order chi connectivity index (χ1) is 15.0. The number of unbranched alkanes of at least 4 members (excludes halogenated alkanes) is 1. The predicted molar refractivity (Wildman–Crippen MR) is 121 cm³/mol. The molecule has 1 aliphatic rings. The molecule has 166 valence electrons. The number of rotatable bonds is 8. The van der Waals surface area contributed by atoms with Crippen LogP contribution in [0, 0.1) is 6.92 Å². The van der Waals surface area contributed by atoms with E-state index in [9.17, 15) is 9.59 Å². The van der Waals surface area contributed by atoms with Crippen molar-refractivity contribution in [1.29, 1.82) is 0 Å². The summed E-state index contributed by atoms with van der Waals surface area (Å²) in [7, 11) is 3.12. The number of carbonyl (C=O) groups is 2. The maximum Gasteiger partial charge on any atom is 0.254 e. The zero-order valence-corrected chi connectivity index (χ0v) is 18.7.